The summed E-state index contributed by atoms with van der Waals surface area (Å²) in [5.41, 5.74) is 0.262. The summed E-state index contributed by atoms with van der Waals surface area (Å²) < 4.78 is 5.51. The second-order valence-electron chi connectivity index (χ2n) is 4.66. The average Bonchev–Trinajstić information content (AvgIpc) is 3.06. The van der Waals surface area contributed by atoms with Crippen molar-refractivity contribution in [2.45, 2.75) is 0 Å². The van der Waals surface area contributed by atoms with Crippen LogP contribution in [0.5, 0.6) is 0 Å². The highest BCUT2D eigenvalue weighted by Crippen LogP contribution is 2.26. The zero-order valence-electron chi connectivity index (χ0n) is 12.4. The van der Waals surface area contributed by atoms with Crippen LogP contribution in [0.15, 0.2) is 46.4 Å². The van der Waals surface area contributed by atoms with Crippen LogP contribution in [-0.2, 0) is 4.79 Å². The first-order valence-electron chi connectivity index (χ1n) is 6.90. The summed E-state index contributed by atoms with van der Waals surface area (Å²) in [7, 11) is 0. The van der Waals surface area contributed by atoms with Gasteiger partial charge in [-0.2, -0.15) is 5.26 Å². The van der Waals surface area contributed by atoms with Crippen LogP contribution in [0.3, 0.4) is 0 Å². The van der Waals surface area contributed by atoms with E-state index in [0.717, 1.165) is 0 Å². The number of carbonyl (C=O) groups excluding carboxylic acids is 1. The first-order valence-corrected chi connectivity index (χ1v) is 6.90. The van der Waals surface area contributed by atoms with Gasteiger partial charge in [0.15, 0.2) is 0 Å². The monoisotopic (exact) mass is 327 g/mol. The van der Waals surface area contributed by atoms with Crippen LogP contribution >= 0.6 is 0 Å². The highest BCUT2D eigenvalue weighted by atomic mass is 16.6. The van der Waals surface area contributed by atoms with Gasteiger partial charge >= 0.3 is 0 Å². The largest absolute Gasteiger partial charge is 0.457 e. The van der Waals surface area contributed by atoms with E-state index < -0.39 is 10.8 Å². The molecule has 0 fully saturated rings. The Labute approximate surface area is 136 Å². The fourth-order valence-electron chi connectivity index (χ4n) is 1.91. The number of carbonyl (C=O) groups is 1. The van der Waals surface area contributed by atoms with E-state index in [-0.39, 0.29) is 30.2 Å². The van der Waals surface area contributed by atoms with Crippen LogP contribution in [0.1, 0.15) is 5.76 Å². The molecule has 2 N–H and O–H groups in total. The maximum Gasteiger partial charge on any atom is 0.270 e. The van der Waals surface area contributed by atoms with Gasteiger partial charge in [0.1, 0.15) is 23.2 Å². The summed E-state index contributed by atoms with van der Waals surface area (Å²) in [6.45, 7) is -0.197. The molecule has 0 aliphatic carbocycles. The SMILES string of the molecule is N#C/C(=C/c1ccc(-c2cccc([N+](=O)[O-])c2)o1)C(=O)NCCO. The van der Waals surface area contributed by atoms with Crippen LogP contribution in [0.4, 0.5) is 5.69 Å². The van der Waals surface area contributed by atoms with E-state index in [1.807, 2.05) is 0 Å². The van der Waals surface area contributed by atoms with Crippen molar-refractivity contribution in [2.75, 3.05) is 13.2 Å². The molecule has 2 aromatic rings. The zero-order chi connectivity index (χ0) is 17.5. The summed E-state index contributed by atoms with van der Waals surface area (Å²) >= 11 is 0. The summed E-state index contributed by atoms with van der Waals surface area (Å²) in [4.78, 5) is 22.0. The van der Waals surface area contributed by atoms with Crippen LogP contribution in [0.2, 0.25) is 0 Å². The second-order valence-corrected chi connectivity index (χ2v) is 4.66. The van der Waals surface area contributed by atoms with Crippen LogP contribution < -0.4 is 5.32 Å². The van der Waals surface area contributed by atoms with Crippen molar-refractivity contribution in [1.82, 2.24) is 5.32 Å². The van der Waals surface area contributed by atoms with Gasteiger partial charge < -0.3 is 14.8 Å². The number of nitriles is 1. The van der Waals surface area contributed by atoms with Crippen molar-refractivity contribution in [3.63, 3.8) is 0 Å². The summed E-state index contributed by atoms with van der Waals surface area (Å²) in [6, 6.07) is 10.8. The van der Waals surface area contributed by atoms with Gasteiger partial charge in [-0.3, -0.25) is 14.9 Å². The normalized spacial score (nSPS) is 10.9. The Morgan fingerprint density at radius 3 is 2.88 bits per heavy atom. The summed E-state index contributed by atoms with van der Waals surface area (Å²) in [5.74, 6) is 0.00468. The second kappa shape index (κ2) is 7.71. The molecule has 2 rings (SSSR count). The Morgan fingerprint density at radius 2 is 2.21 bits per heavy atom. The van der Waals surface area contributed by atoms with E-state index in [4.69, 9.17) is 14.8 Å². The zero-order valence-corrected chi connectivity index (χ0v) is 12.4. The first-order chi connectivity index (χ1) is 11.5. The van der Waals surface area contributed by atoms with Gasteiger partial charge in [0.2, 0.25) is 0 Å². The third-order valence-electron chi connectivity index (χ3n) is 3.02. The molecule has 0 saturated carbocycles. The van der Waals surface area contributed by atoms with E-state index in [2.05, 4.69) is 5.32 Å². The molecule has 0 atom stereocenters. The molecule has 0 bridgehead atoms. The molecule has 0 unspecified atom stereocenters. The van der Waals surface area contributed by atoms with Crippen molar-refractivity contribution in [2.24, 2.45) is 0 Å². The van der Waals surface area contributed by atoms with E-state index in [1.165, 1.54) is 24.3 Å². The third kappa shape index (κ3) is 4.06. The van der Waals surface area contributed by atoms with Crippen molar-refractivity contribution in [1.29, 1.82) is 5.26 Å². The molecule has 0 aliphatic rings. The lowest BCUT2D eigenvalue weighted by Gasteiger charge is -2.00. The Morgan fingerprint density at radius 1 is 1.42 bits per heavy atom. The van der Waals surface area contributed by atoms with E-state index in [1.54, 1.807) is 24.3 Å². The number of nitrogens with zero attached hydrogens (tertiary/aromatic N) is 2. The molecule has 8 heteroatoms. The Kier molecular flexibility index (Phi) is 5.44. The number of nitro groups is 1. The Hall–Kier alpha value is -3.44. The molecule has 1 heterocycles. The molecule has 0 saturated heterocycles. The predicted octanol–water partition coefficient (Wildman–Crippen LogP) is 1.87. The first kappa shape index (κ1) is 16.9. The number of amides is 1. The average molecular weight is 327 g/mol. The van der Waals surface area contributed by atoms with Gasteiger partial charge in [-0.15, -0.1) is 0 Å². The van der Waals surface area contributed by atoms with Crippen molar-refractivity contribution in [3.05, 3.63) is 57.8 Å². The van der Waals surface area contributed by atoms with Gasteiger partial charge in [0, 0.05) is 30.3 Å². The number of hydrogen-bond donors (Lipinski definition) is 2. The fourth-order valence-corrected chi connectivity index (χ4v) is 1.91. The minimum absolute atomic E-state index is 0.0366. The number of aliphatic hydroxyl groups excluding tert-OH is 1. The minimum atomic E-state index is -0.625. The molecule has 0 radical (unpaired) electrons. The van der Waals surface area contributed by atoms with E-state index in [0.29, 0.717) is 11.3 Å². The molecule has 0 spiro atoms. The maximum atomic E-state index is 11.7. The highest BCUT2D eigenvalue weighted by molar-refractivity contribution is 6.01. The number of nitrogens with one attached hydrogen (secondary N) is 1. The van der Waals surface area contributed by atoms with E-state index in [9.17, 15) is 14.9 Å². The lowest BCUT2D eigenvalue weighted by molar-refractivity contribution is -0.384. The number of benzene rings is 1. The molecule has 24 heavy (non-hydrogen) atoms. The van der Waals surface area contributed by atoms with Crippen molar-refractivity contribution >= 4 is 17.7 Å². The van der Waals surface area contributed by atoms with Gasteiger partial charge in [-0.25, -0.2) is 0 Å². The Balaban J connectivity index is 2.25. The predicted molar refractivity (Wildman–Crippen MR) is 84.5 cm³/mol. The van der Waals surface area contributed by atoms with Gasteiger partial charge in [0.05, 0.1) is 11.5 Å². The molecular formula is C16H13N3O5. The lowest BCUT2D eigenvalue weighted by atomic mass is 10.1. The molecule has 1 amide bonds. The molecular weight excluding hydrogens is 314 g/mol. The standard InChI is InChI=1S/C16H13N3O5/c17-10-12(16(21)18-6-7-20)9-14-4-5-15(24-14)11-2-1-3-13(8-11)19(22)23/h1-5,8-9,20H,6-7H2,(H,18,21)/b12-9-. The Bertz CT molecular complexity index is 832. The number of furan rings is 1. The molecule has 0 aliphatic heterocycles. The maximum absolute atomic E-state index is 11.7. The quantitative estimate of drug-likeness (QED) is 0.360. The number of rotatable bonds is 6. The van der Waals surface area contributed by atoms with Gasteiger partial charge in [-0.05, 0) is 12.1 Å². The molecule has 8 nitrogen and oxygen atoms in total. The van der Waals surface area contributed by atoms with Crippen LogP contribution in [0, 0.1) is 21.4 Å². The number of nitro benzene ring substituents is 1. The number of hydrogen-bond acceptors (Lipinski definition) is 6. The van der Waals surface area contributed by atoms with Crippen LogP contribution in [-0.4, -0.2) is 29.1 Å². The number of aliphatic hydroxyl groups is 1. The highest BCUT2D eigenvalue weighted by Gasteiger charge is 2.12. The van der Waals surface area contributed by atoms with Gasteiger partial charge in [-0.1, -0.05) is 12.1 Å². The van der Waals surface area contributed by atoms with Crippen molar-refractivity contribution < 1.29 is 19.2 Å². The smallest absolute Gasteiger partial charge is 0.270 e. The molecule has 1 aromatic heterocycles. The van der Waals surface area contributed by atoms with E-state index >= 15 is 0 Å². The molecule has 122 valence electrons. The molecule has 1 aromatic carbocycles. The summed E-state index contributed by atoms with van der Waals surface area (Å²) in [5, 5.41) is 30.9. The third-order valence-corrected chi connectivity index (χ3v) is 3.02. The number of non-ortho nitro benzene ring substituents is 1. The van der Waals surface area contributed by atoms with Crippen LogP contribution in [0.25, 0.3) is 17.4 Å². The lowest BCUT2D eigenvalue weighted by Crippen LogP contribution is -2.27. The van der Waals surface area contributed by atoms with Gasteiger partial charge in [0.25, 0.3) is 11.6 Å². The summed E-state index contributed by atoms with van der Waals surface area (Å²) in [6.07, 6.45) is 1.26. The fraction of sp³-hybridized carbons (Fsp3) is 0.125. The topological polar surface area (TPSA) is 129 Å². The van der Waals surface area contributed by atoms with Crippen molar-refractivity contribution in [3.8, 4) is 17.4 Å². The minimum Gasteiger partial charge on any atom is -0.457 e.